The van der Waals surface area contributed by atoms with Crippen molar-refractivity contribution < 1.29 is 14.3 Å². The van der Waals surface area contributed by atoms with E-state index in [1.165, 1.54) is 7.11 Å². The van der Waals surface area contributed by atoms with Gasteiger partial charge in [-0.25, -0.2) is 4.79 Å². The number of carbonyl (C=O) groups excluding carboxylic acids is 1. The number of ether oxygens (including phenoxy) is 2. The molecule has 1 heterocycles. The van der Waals surface area contributed by atoms with E-state index < -0.39 is 6.04 Å². The molecule has 1 aromatic carbocycles. The van der Waals surface area contributed by atoms with E-state index >= 15 is 0 Å². The molecule has 1 aromatic rings. The number of rotatable bonds is 6. The van der Waals surface area contributed by atoms with E-state index in [1.807, 2.05) is 24.3 Å². The maximum absolute atomic E-state index is 12.3. The summed E-state index contributed by atoms with van der Waals surface area (Å²) in [4.78, 5) is 16.7. The van der Waals surface area contributed by atoms with Crippen LogP contribution < -0.4 is 0 Å². The third kappa shape index (κ3) is 4.20. The van der Waals surface area contributed by atoms with Gasteiger partial charge in [0.2, 0.25) is 0 Å². The standard InChI is InChI=1S/C16H23ClN2O3/c1-21-12-11-18-7-9-19(10-8-18)15(16(20)22-2)13-5-3-4-6-14(13)17/h3-6,15H,7-12H2,1-2H3. The first kappa shape index (κ1) is 17.2. The second-order valence-electron chi connectivity index (χ2n) is 5.32. The average Bonchev–Trinajstić information content (AvgIpc) is 2.56. The molecule has 5 nitrogen and oxygen atoms in total. The smallest absolute Gasteiger partial charge is 0.327 e. The first-order valence-electron chi connectivity index (χ1n) is 7.45. The van der Waals surface area contributed by atoms with Gasteiger partial charge >= 0.3 is 5.97 Å². The monoisotopic (exact) mass is 326 g/mol. The van der Waals surface area contributed by atoms with E-state index in [1.54, 1.807) is 7.11 Å². The number of benzene rings is 1. The number of carbonyl (C=O) groups is 1. The second-order valence-corrected chi connectivity index (χ2v) is 5.72. The fraction of sp³-hybridized carbons (Fsp3) is 0.562. The van der Waals surface area contributed by atoms with Crippen LogP contribution in [0.25, 0.3) is 0 Å². The van der Waals surface area contributed by atoms with E-state index in [-0.39, 0.29) is 5.97 Å². The van der Waals surface area contributed by atoms with E-state index in [9.17, 15) is 4.79 Å². The molecule has 0 aliphatic carbocycles. The van der Waals surface area contributed by atoms with Crippen LogP contribution in [-0.4, -0.2) is 69.3 Å². The zero-order chi connectivity index (χ0) is 15.9. The van der Waals surface area contributed by atoms with Gasteiger partial charge in [0, 0.05) is 44.9 Å². The van der Waals surface area contributed by atoms with Gasteiger partial charge in [-0.1, -0.05) is 29.8 Å². The number of piperazine rings is 1. The lowest BCUT2D eigenvalue weighted by atomic mass is 10.0. The highest BCUT2D eigenvalue weighted by Crippen LogP contribution is 2.29. The highest BCUT2D eigenvalue weighted by Gasteiger charge is 2.32. The average molecular weight is 327 g/mol. The summed E-state index contributed by atoms with van der Waals surface area (Å²) in [5.41, 5.74) is 0.807. The minimum absolute atomic E-state index is 0.265. The lowest BCUT2D eigenvalue weighted by Crippen LogP contribution is -2.50. The molecule has 0 spiro atoms. The first-order chi connectivity index (χ1) is 10.7. The summed E-state index contributed by atoms with van der Waals surface area (Å²) < 4.78 is 10.1. The van der Waals surface area contributed by atoms with Crippen LogP contribution in [0.1, 0.15) is 11.6 Å². The van der Waals surface area contributed by atoms with Gasteiger partial charge in [-0.05, 0) is 11.6 Å². The molecule has 1 fully saturated rings. The number of esters is 1. The molecule has 1 atom stereocenters. The Bertz CT molecular complexity index is 490. The maximum Gasteiger partial charge on any atom is 0.327 e. The highest BCUT2D eigenvalue weighted by atomic mass is 35.5. The molecule has 0 aromatic heterocycles. The molecule has 0 bridgehead atoms. The topological polar surface area (TPSA) is 42.0 Å². The van der Waals surface area contributed by atoms with Crippen LogP contribution in [0.2, 0.25) is 5.02 Å². The Hall–Kier alpha value is -1.14. The number of hydrogen-bond acceptors (Lipinski definition) is 5. The lowest BCUT2D eigenvalue weighted by Gasteiger charge is -2.38. The molecule has 0 radical (unpaired) electrons. The summed E-state index contributed by atoms with van der Waals surface area (Å²) >= 11 is 6.28. The number of methoxy groups -OCH3 is 2. The summed E-state index contributed by atoms with van der Waals surface area (Å²) in [6.07, 6.45) is 0. The van der Waals surface area contributed by atoms with Gasteiger partial charge in [-0.3, -0.25) is 9.80 Å². The van der Waals surface area contributed by atoms with Crippen molar-refractivity contribution in [2.24, 2.45) is 0 Å². The van der Waals surface area contributed by atoms with Gasteiger partial charge in [0.1, 0.15) is 6.04 Å². The zero-order valence-electron chi connectivity index (χ0n) is 13.1. The van der Waals surface area contributed by atoms with Gasteiger partial charge in [-0.2, -0.15) is 0 Å². The van der Waals surface area contributed by atoms with Crippen LogP contribution in [-0.2, 0) is 14.3 Å². The van der Waals surface area contributed by atoms with Crippen LogP contribution in [0.15, 0.2) is 24.3 Å². The van der Waals surface area contributed by atoms with Crippen molar-refractivity contribution in [2.45, 2.75) is 6.04 Å². The maximum atomic E-state index is 12.3. The lowest BCUT2D eigenvalue weighted by molar-refractivity contribution is -0.148. The SMILES string of the molecule is COCCN1CCN(C(C(=O)OC)c2ccccc2Cl)CC1. The number of nitrogens with zero attached hydrogens (tertiary/aromatic N) is 2. The van der Waals surface area contributed by atoms with Crippen molar-refractivity contribution in [3.05, 3.63) is 34.9 Å². The molecule has 0 N–H and O–H groups in total. The zero-order valence-corrected chi connectivity index (χ0v) is 13.9. The molecule has 0 saturated carbocycles. The molecular formula is C16H23ClN2O3. The molecule has 1 aliphatic heterocycles. The van der Waals surface area contributed by atoms with Crippen molar-refractivity contribution in [2.75, 3.05) is 53.6 Å². The van der Waals surface area contributed by atoms with Gasteiger partial charge in [0.05, 0.1) is 13.7 Å². The van der Waals surface area contributed by atoms with Crippen molar-refractivity contribution >= 4 is 17.6 Å². The molecule has 122 valence electrons. The van der Waals surface area contributed by atoms with Crippen LogP contribution in [0.4, 0.5) is 0 Å². The van der Waals surface area contributed by atoms with Gasteiger partial charge < -0.3 is 9.47 Å². The second kappa shape index (κ2) is 8.48. The highest BCUT2D eigenvalue weighted by molar-refractivity contribution is 6.31. The minimum Gasteiger partial charge on any atom is -0.468 e. The molecular weight excluding hydrogens is 304 g/mol. The molecule has 1 aliphatic rings. The van der Waals surface area contributed by atoms with Crippen LogP contribution in [0.5, 0.6) is 0 Å². The summed E-state index contributed by atoms with van der Waals surface area (Å²) in [6.45, 7) is 5.05. The van der Waals surface area contributed by atoms with Crippen LogP contribution in [0, 0.1) is 0 Å². The Labute approximate surface area is 136 Å². The third-order valence-corrected chi connectivity index (χ3v) is 4.35. The molecule has 1 saturated heterocycles. The molecule has 0 amide bonds. The number of hydrogen-bond donors (Lipinski definition) is 0. The summed E-state index contributed by atoms with van der Waals surface area (Å²) in [7, 11) is 3.13. The Morgan fingerprint density at radius 2 is 1.91 bits per heavy atom. The van der Waals surface area contributed by atoms with E-state index in [4.69, 9.17) is 21.1 Å². The molecule has 6 heteroatoms. The first-order valence-corrected chi connectivity index (χ1v) is 7.82. The van der Waals surface area contributed by atoms with Crippen LogP contribution in [0.3, 0.4) is 0 Å². The fourth-order valence-corrected chi connectivity index (χ4v) is 2.99. The van der Waals surface area contributed by atoms with Crippen molar-refractivity contribution in [1.29, 1.82) is 0 Å². The van der Waals surface area contributed by atoms with Crippen molar-refractivity contribution in [3.8, 4) is 0 Å². The summed E-state index contributed by atoms with van der Waals surface area (Å²) in [5.74, 6) is -0.265. The van der Waals surface area contributed by atoms with Crippen LogP contribution >= 0.6 is 11.6 Å². The molecule has 1 unspecified atom stereocenters. The summed E-state index contributed by atoms with van der Waals surface area (Å²) in [6, 6.07) is 7.01. The Morgan fingerprint density at radius 3 is 2.50 bits per heavy atom. The van der Waals surface area contributed by atoms with E-state index in [0.717, 1.165) is 44.9 Å². The van der Waals surface area contributed by atoms with Crippen molar-refractivity contribution in [1.82, 2.24) is 9.80 Å². The van der Waals surface area contributed by atoms with Crippen molar-refractivity contribution in [3.63, 3.8) is 0 Å². The third-order valence-electron chi connectivity index (χ3n) is 4.01. The summed E-state index contributed by atoms with van der Waals surface area (Å²) in [5, 5.41) is 0.597. The minimum atomic E-state index is -0.441. The predicted octanol–water partition coefficient (Wildman–Crippen LogP) is 1.82. The number of halogens is 1. The predicted molar refractivity (Wildman–Crippen MR) is 86.1 cm³/mol. The fourth-order valence-electron chi connectivity index (χ4n) is 2.75. The quantitative estimate of drug-likeness (QED) is 0.746. The largest absolute Gasteiger partial charge is 0.468 e. The Balaban J connectivity index is 2.09. The van der Waals surface area contributed by atoms with Gasteiger partial charge in [0.25, 0.3) is 0 Å². The molecule has 22 heavy (non-hydrogen) atoms. The van der Waals surface area contributed by atoms with Gasteiger partial charge in [0.15, 0.2) is 0 Å². The molecule has 2 rings (SSSR count). The van der Waals surface area contributed by atoms with Gasteiger partial charge in [-0.15, -0.1) is 0 Å². The normalized spacial score (nSPS) is 18.1. The van der Waals surface area contributed by atoms with E-state index in [0.29, 0.717) is 5.02 Å². The van der Waals surface area contributed by atoms with E-state index in [2.05, 4.69) is 9.80 Å². The Morgan fingerprint density at radius 1 is 1.23 bits per heavy atom. The Kier molecular flexibility index (Phi) is 6.64.